The molecule has 0 amide bonds. The van der Waals surface area contributed by atoms with Crippen molar-refractivity contribution in [3.63, 3.8) is 0 Å². The van der Waals surface area contributed by atoms with E-state index in [4.69, 9.17) is 18.0 Å². The van der Waals surface area contributed by atoms with Crippen molar-refractivity contribution in [3.05, 3.63) is 23.4 Å². The Balaban J connectivity index is 3.05. The van der Waals surface area contributed by atoms with Crippen LogP contribution >= 0.6 is 12.2 Å². The molecule has 3 nitrogen and oxygen atoms in total. The maximum absolute atomic E-state index is 5.76. The minimum atomic E-state index is 0.386. The van der Waals surface area contributed by atoms with Crippen molar-refractivity contribution in [1.82, 2.24) is 4.98 Å². The molecule has 1 rings (SSSR count). The zero-order chi connectivity index (χ0) is 13.0. The van der Waals surface area contributed by atoms with E-state index in [0.29, 0.717) is 16.9 Å². The molecule has 3 N–H and O–H groups in total. The van der Waals surface area contributed by atoms with Gasteiger partial charge in [-0.2, -0.15) is 0 Å². The van der Waals surface area contributed by atoms with E-state index in [1.807, 2.05) is 13.0 Å². The molecule has 94 valence electrons. The second kappa shape index (κ2) is 5.96. The minimum Gasteiger partial charge on any atom is -0.389 e. The standard InChI is InChI=1S/C13H21N3S/c1-5-10(8(2)3)16-13-11(12(14)17)9(4)6-7-15-13/h6-8,10H,5H2,1-4H3,(H2,14,17)(H,15,16). The third-order valence-corrected chi connectivity index (χ3v) is 3.18. The maximum atomic E-state index is 5.76. The molecule has 0 aromatic carbocycles. The quantitative estimate of drug-likeness (QED) is 0.790. The fraction of sp³-hybridized carbons (Fsp3) is 0.538. The first-order valence-electron chi connectivity index (χ1n) is 5.99. The maximum Gasteiger partial charge on any atom is 0.136 e. The Hall–Kier alpha value is -1.16. The van der Waals surface area contributed by atoms with Crippen LogP contribution in [-0.4, -0.2) is 16.0 Å². The van der Waals surface area contributed by atoms with Gasteiger partial charge in [0.1, 0.15) is 10.8 Å². The van der Waals surface area contributed by atoms with Crippen LogP contribution in [0.15, 0.2) is 12.3 Å². The van der Waals surface area contributed by atoms with Crippen LogP contribution in [0.4, 0.5) is 5.82 Å². The molecule has 0 spiro atoms. The monoisotopic (exact) mass is 251 g/mol. The van der Waals surface area contributed by atoms with Crippen molar-refractivity contribution in [2.24, 2.45) is 11.7 Å². The van der Waals surface area contributed by atoms with Gasteiger partial charge in [-0.3, -0.25) is 0 Å². The van der Waals surface area contributed by atoms with Crippen molar-refractivity contribution >= 4 is 23.0 Å². The van der Waals surface area contributed by atoms with Crippen LogP contribution in [0.1, 0.15) is 38.3 Å². The van der Waals surface area contributed by atoms with E-state index >= 15 is 0 Å². The molecule has 0 bridgehead atoms. The normalized spacial score (nSPS) is 12.5. The SMILES string of the molecule is CCC(Nc1nccc(C)c1C(N)=S)C(C)C. The van der Waals surface area contributed by atoms with Gasteiger partial charge in [-0.05, 0) is 30.9 Å². The summed E-state index contributed by atoms with van der Waals surface area (Å²) in [5, 5.41) is 3.44. The number of hydrogen-bond donors (Lipinski definition) is 2. The first kappa shape index (κ1) is 13.9. The molecule has 0 fully saturated rings. The summed E-state index contributed by atoms with van der Waals surface area (Å²) in [5.74, 6) is 1.35. The molecule has 4 heteroatoms. The highest BCUT2D eigenvalue weighted by atomic mass is 32.1. The van der Waals surface area contributed by atoms with Crippen LogP contribution in [-0.2, 0) is 0 Å². The number of nitrogens with one attached hydrogen (secondary N) is 1. The van der Waals surface area contributed by atoms with Gasteiger partial charge in [-0.25, -0.2) is 4.98 Å². The Labute approximate surface area is 109 Å². The number of nitrogens with two attached hydrogens (primary N) is 1. The predicted octanol–water partition coefficient (Wildman–Crippen LogP) is 2.87. The summed E-state index contributed by atoms with van der Waals surface area (Å²) in [4.78, 5) is 4.75. The highest BCUT2D eigenvalue weighted by Crippen LogP contribution is 2.20. The molecule has 1 heterocycles. The summed E-state index contributed by atoms with van der Waals surface area (Å²) in [5.41, 5.74) is 7.69. The molecule has 1 atom stereocenters. The van der Waals surface area contributed by atoms with E-state index in [1.165, 1.54) is 0 Å². The van der Waals surface area contributed by atoms with Gasteiger partial charge in [0.05, 0.1) is 5.56 Å². The third kappa shape index (κ3) is 3.40. The number of pyridine rings is 1. The van der Waals surface area contributed by atoms with Gasteiger partial charge in [-0.15, -0.1) is 0 Å². The van der Waals surface area contributed by atoms with Gasteiger partial charge in [0.15, 0.2) is 0 Å². The Morgan fingerprint density at radius 3 is 2.65 bits per heavy atom. The van der Waals surface area contributed by atoms with Gasteiger partial charge >= 0.3 is 0 Å². The second-order valence-electron chi connectivity index (χ2n) is 4.62. The van der Waals surface area contributed by atoms with Gasteiger partial charge in [0.2, 0.25) is 0 Å². The highest BCUT2D eigenvalue weighted by Gasteiger charge is 2.15. The van der Waals surface area contributed by atoms with Crippen LogP contribution in [0.3, 0.4) is 0 Å². The van der Waals surface area contributed by atoms with E-state index in [9.17, 15) is 0 Å². The van der Waals surface area contributed by atoms with Crippen molar-refractivity contribution in [2.75, 3.05) is 5.32 Å². The summed E-state index contributed by atoms with van der Waals surface area (Å²) in [6, 6.07) is 2.31. The van der Waals surface area contributed by atoms with E-state index < -0.39 is 0 Å². The molecule has 0 aliphatic carbocycles. The number of rotatable bonds is 5. The number of anilines is 1. The van der Waals surface area contributed by atoms with Crippen LogP contribution in [0, 0.1) is 12.8 Å². The molecule has 0 radical (unpaired) electrons. The zero-order valence-electron chi connectivity index (χ0n) is 10.9. The van der Waals surface area contributed by atoms with E-state index in [1.54, 1.807) is 6.20 Å². The lowest BCUT2D eigenvalue weighted by Gasteiger charge is -2.23. The first-order valence-corrected chi connectivity index (χ1v) is 6.40. The number of aryl methyl sites for hydroxylation is 1. The summed E-state index contributed by atoms with van der Waals surface area (Å²) < 4.78 is 0. The van der Waals surface area contributed by atoms with Crippen LogP contribution in [0.2, 0.25) is 0 Å². The number of thiocarbonyl (C=S) groups is 1. The summed E-state index contributed by atoms with van der Waals surface area (Å²) in [6.45, 7) is 8.54. The molecular weight excluding hydrogens is 230 g/mol. The molecule has 1 aromatic heterocycles. The molecule has 1 aromatic rings. The summed E-state index contributed by atoms with van der Waals surface area (Å²) in [7, 11) is 0. The average Bonchev–Trinajstić information content (AvgIpc) is 2.24. The first-order chi connectivity index (χ1) is 7.97. The van der Waals surface area contributed by atoms with Gasteiger partial charge in [0, 0.05) is 12.2 Å². The Morgan fingerprint density at radius 1 is 1.53 bits per heavy atom. The lowest BCUT2D eigenvalue weighted by Crippen LogP contribution is -2.27. The van der Waals surface area contributed by atoms with Crippen molar-refractivity contribution in [1.29, 1.82) is 0 Å². The topological polar surface area (TPSA) is 50.9 Å². The minimum absolute atomic E-state index is 0.386. The smallest absolute Gasteiger partial charge is 0.136 e. The van der Waals surface area contributed by atoms with Gasteiger partial charge in [0.25, 0.3) is 0 Å². The van der Waals surface area contributed by atoms with Crippen molar-refractivity contribution in [3.8, 4) is 0 Å². The molecule has 0 saturated heterocycles. The van der Waals surface area contributed by atoms with Crippen molar-refractivity contribution < 1.29 is 0 Å². The van der Waals surface area contributed by atoms with Gasteiger partial charge < -0.3 is 11.1 Å². The van der Waals surface area contributed by atoms with Crippen LogP contribution in [0.25, 0.3) is 0 Å². The second-order valence-corrected chi connectivity index (χ2v) is 5.06. The Morgan fingerprint density at radius 2 is 2.18 bits per heavy atom. The Kier molecular flexibility index (Phi) is 4.87. The largest absolute Gasteiger partial charge is 0.389 e. The average molecular weight is 251 g/mol. The summed E-state index contributed by atoms with van der Waals surface area (Å²) >= 11 is 5.09. The van der Waals surface area contributed by atoms with E-state index in [2.05, 4.69) is 31.1 Å². The molecular formula is C13H21N3S. The molecule has 1 unspecified atom stereocenters. The van der Waals surface area contributed by atoms with Gasteiger partial charge in [-0.1, -0.05) is 33.0 Å². The third-order valence-electron chi connectivity index (χ3n) is 2.97. The fourth-order valence-corrected chi connectivity index (χ4v) is 2.15. The number of aromatic nitrogens is 1. The lowest BCUT2D eigenvalue weighted by molar-refractivity contribution is 0.509. The molecule has 0 aliphatic rings. The zero-order valence-corrected chi connectivity index (χ0v) is 11.8. The van der Waals surface area contributed by atoms with Crippen LogP contribution in [0.5, 0.6) is 0 Å². The Bertz CT molecular complexity index is 402. The summed E-state index contributed by atoms with van der Waals surface area (Å²) in [6.07, 6.45) is 2.83. The fourth-order valence-electron chi connectivity index (χ4n) is 1.89. The van der Waals surface area contributed by atoms with E-state index in [-0.39, 0.29) is 0 Å². The van der Waals surface area contributed by atoms with Crippen molar-refractivity contribution in [2.45, 2.75) is 40.2 Å². The molecule has 0 aliphatic heterocycles. The lowest BCUT2D eigenvalue weighted by atomic mass is 10.0. The van der Waals surface area contributed by atoms with E-state index in [0.717, 1.165) is 23.4 Å². The highest BCUT2D eigenvalue weighted by molar-refractivity contribution is 7.80. The number of hydrogen-bond acceptors (Lipinski definition) is 3. The van der Waals surface area contributed by atoms with Crippen LogP contribution < -0.4 is 11.1 Å². The molecule has 0 saturated carbocycles. The predicted molar refractivity (Wildman–Crippen MR) is 77.4 cm³/mol. The number of nitrogens with zero attached hydrogens (tertiary/aromatic N) is 1. The molecule has 17 heavy (non-hydrogen) atoms.